The third kappa shape index (κ3) is 4.69. The molecule has 142 valence electrons. The maximum atomic E-state index is 12.9. The molecule has 0 unspecified atom stereocenters. The number of benzene rings is 2. The highest BCUT2D eigenvalue weighted by Crippen LogP contribution is 2.38. The minimum Gasteiger partial charge on any atom is -0.494 e. The Balaban J connectivity index is 1.71. The number of carbonyl (C=O) groups excluding carboxylic acids is 2. The predicted molar refractivity (Wildman–Crippen MR) is 110 cm³/mol. The van der Waals surface area contributed by atoms with Crippen LogP contribution in [-0.2, 0) is 22.4 Å². The molecule has 0 radical (unpaired) electrons. The lowest BCUT2D eigenvalue weighted by Crippen LogP contribution is -2.30. The SMILES string of the molecule is CCOc1ccc(CCC(=O)N2CCc3cc(Br)cc(NC(C)=O)c32)cc1. The number of nitrogens with zero attached hydrogens (tertiary/aromatic N) is 1. The molecule has 0 aliphatic carbocycles. The van der Waals surface area contributed by atoms with E-state index in [1.807, 2.05) is 43.3 Å². The molecule has 2 amide bonds. The molecule has 27 heavy (non-hydrogen) atoms. The summed E-state index contributed by atoms with van der Waals surface area (Å²) in [6.07, 6.45) is 1.88. The molecule has 0 fully saturated rings. The number of aryl methyl sites for hydroxylation is 1. The number of anilines is 2. The van der Waals surface area contributed by atoms with E-state index in [2.05, 4.69) is 21.2 Å². The van der Waals surface area contributed by atoms with Crippen LogP contribution in [0.25, 0.3) is 0 Å². The van der Waals surface area contributed by atoms with Crippen molar-refractivity contribution in [2.45, 2.75) is 33.1 Å². The summed E-state index contributed by atoms with van der Waals surface area (Å²) < 4.78 is 6.34. The van der Waals surface area contributed by atoms with E-state index in [-0.39, 0.29) is 11.8 Å². The summed E-state index contributed by atoms with van der Waals surface area (Å²) in [4.78, 5) is 26.2. The molecule has 2 aromatic carbocycles. The second-order valence-electron chi connectivity index (χ2n) is 6.51. The van der Waals surface area contributed by atoms with Gasteiger partial charge in [0, 0.05) is 24.4 Å². The van der Waals surface area contributed by atoms with E-state index in [1.54, 1.807) is 4.90 Å². The van der Waals surface area contributed by atoms with Gasteiger partial charge in [0.05, 0.1) is 18.0 Å². The first-order valence-electron chi connectivity index (χ1n) is 9.10. The molecule has 1 aliphatic rings. The molecular weight excluding hydrogens is 408 g/mol. The second-order valence-corrected chi connectivity index (χ2v) is 7.43. The topological polar surface area (TPSA) is 58.6 Å². The zero-order chi connectivity index (χ0) is 19.4. The van der Waals surface area contributed by atoms with Gasteiger partial charge in [0.2, 0.25) is 11.8 Å². The van der Waals surface area contributed by atoms with Crippen molar-refractivity contribution in [1.29, 1.82) is 0 Å². The largest absolute Gasteiger partial charge is 0.494 e. The van der Waals surface area contributed by atoms with E-state index in [4.69, 9.17) is 4.74 Å². The van der Waals surface area contributed by atoms with Crippen molar-refractivity contribution in [2.24, 2.45) is 0 Å². The second kappa shape index (κ2) is 8.57. The van der Waals surface area contributed by atoms with Gasteiger partial charge in [-0.3, -0.25) is 9.59 Å². The van der Waals surface area contributed by atoms with Crippen LogP contribution in [0.4, 0.5) is 11.4 Å². The molecule has 0 saturated heterocycles. The molecule has 5 nitrogen and oxygen atoms in total. The summed E-state index contributed by atoms with van der Waals surface area (Å²) in [5, 5.41) is 2.85. The number of carbonyl (C=O) groups is 2. The van der Waals surface area contributed by atoms with E-state index in [0.29, 0.717) is 31.7 Å². The van der Waals surface area contributed by atoms with Crippen molar-refractivity contribution in [3.05, 3.63) is 52.0 Å². The Hall–Kier alpha value is -2.34. The maximum Gasteiger partial charge on any atom is 0.227 e. The smallest absolute Gasteiger partial charge is 0.227 e. The molecule has 1 aliphatic heterocycles. The normalized spacial score (nSPS) is 12.6. The molecule has 0 spiro atoms. The Morgan fingerprint density at radius 3 is 2.63 bits per heavy atom. The third-order valence-corrected chi connectivity index (χ3v) is 4.96. The third-order valence-electron chi connectivity index (χ3n) is 4.50. The van der Waals surface area contributed by atoms with E-state index in [0.717, 1.165) is 33.5 Å². The molecular formula is C21H23BrN2O3. The van der Waals surface area contributed by atoms with Crippen molar-refractivity contribution >= 4 is 39.1 Å². The van der Waals surface area contributed by atoms with E-state index in [1.165, 1.54) is 6.92 Å². The fourth-order valence-electron chi connectivity index (χ4n) is 3.35. The minimum absolute atomic E-state index is 0.0663. The van der Waals surface area contributed by atoms with Gasteiger partial charge in [-0.15, -0.1) is 0 Å². The number of fused-ring (bicyclic) bond motifs is 1. The highest BCUT2D eigenvalue weighted by molar-refractivity contribution is 9.10. The monoisotopic (exact) mass is 430 g/mol. The fourth-order valence-corrected chi connectivity index (χ4v) is 3.85. The van der Waals surface area contributed by atoms with Crippen LogP contribution in [0.1, 0.15) is 31.4 Å². The average Bonchev–Trinajstić information content (AvgIpc) is 3.04. The van der Waals surface area contributed by atoms with Crippen molar-refractivity contribution in [2.75, 3.05) is 23.4 Å². The van der Waals surface area contributed by atoms with Gasteiger partial charge in [0.15, 0.2) is 0 Å². The molecule has 0 bridgehead atoms. The van der Waals surface area contributed by atoms with Crippen LogP contribution in [0.5, 0.6) is 5.75 Å². The average molecular weight is 431 g/mol. The quantitative estimate of drug-likeness (QED) is 0.741. The van der Waals surface area contributed by atoms with Gasteiger partial charge in [-0.2, -0.15) is 0 Å². The van der Waals surface area contributed by atoms with E-state index >= 15 is 0 Å². The maximum absolute atomic E-state index is 12.9. The molecule has 1 N–H and O–H groups in total. The molecule has 0 saturated carbocycles. The number of halogens is 1. The summed E-state index contributed by atoms with van der Waals surface area (Å²) in [7, 11) is 0. The zero-order valence-corrected chi connectivity index (χ0v) is 17.1. The molecule has 1 heterocycles. The lowest BCUT2D eigenvalue weighted by atomic mass is 10.1. The molecule has 2 aromatic rings. The van der Waals surface area contributed by atoms with Crippen molar-refractivity contribution < 1.29 is 14.3 Å². The number of hydrogen-bond acceptors (Lipinski definition) is 3. The number of amides is 2. The number of ether oxygens (including phenoxy) is 1. The summed E-state index contributed by atoms with van der Waals surface area (Å²) in [5.41, 5.74) is 3.68. The lowest BCUT2D eigenvalue weighted by molar-refractivity contribution is -0.118. The Bertz CT molecular complexity index is 849. The summed E-state index contributed by atoms with van der Waals surface area (Å²) in [5.74, 6) is 0.757. The van der Waals surface area contributed by atoms with Crippen molar-refractivity contribution in [1.82, 2.24) is 0 Å². The number of nitrogens with one attached hydrogen (secondary N) is 1. The first-order valence-corrected chi connectivity index (χ1v) is 9.89. The van der Waals surface area contributed by atoms with Gasteiger partial charge in [-0.05, 0) is 55.2 Å². The van der Waals surface area contributed by atoms with Crippen LogP contribution in [0, 0.1) is 0 Å². The van der Waals surface area contributed by atoms with Gasteiger partial charge in [0.1, 0.15) is 5.75 Å². The van der Waals surface area contributed by atoms with Crippen molar-refractivity contribution in [3.63, 3.8) is 0 Å². The Labute approximate surface area is 167 Å². The van der Waals surface area contributed by atoms with Gasteiger partial charge in [-0.25, -0.2) is 0 Å². The predicted octanol–water partition coefficient (Wildman–Crippen LogP) is 4.33. The van der Waals surface area contributed by atoms with Crippen LogP contribution in [0.2, 0.25) is 0 Å². The Kier molecular flexibility index (Phi) is 6.16. The molecule has 0 aromatic heterocycles. The van der Waals surface area contributed by atoms with Crippen LogP contribution in [0.3, 0.4) is 0 Å². The van der Waals surface area contributed by atoms with Crippen LogP contribution >= 0.6 is 15.9 Å². The fraction of sp³-hybridized carbons (Fsp3) is 0.333. The van der Waals surface area contributed by atoms with Gasteiger partial charge in [-0.1, -0.05) is 28.1 Å². The summed E-state index contributed by atoms with van der Waals surface area (Å²) >= 11 is 3.48. The number of rotatable bonds is 6. The molecule has 0 atom stereocenters. The minimum atomic E-state index is -0.149. The highest BCUT2D eigenvalue weighted by atomic mass is 79.9. The Morgan fingerprint density at radius 2 is 1.96 bits per heavy atom. The lowest BCUT2D eigenvalue weighted by Gasteiger charge is -2.21. The highest BCUT2D eigenvalue weighted by Gasteiger charge is 2.28. The standard InChI is InChI=1S/C21H23BrN2O3/c1-3-27-18-7-4-15(5-8-18)6-9-20(26)24-11-10-16-12-17(22)13-19(21(16)24)23-14(2)25/h4-5,7-8,12-13H,3,6,9-11H2,1-2H3,(H,23,25). The molecule has 3 rings (SSSR count). The van der Waals surface area contributed by atoms with Crippen LogP contribution < -0.4 is 15.0 Å². The van der Waals surface area contributed by atoms with Crippen molar-refractivity contribution in [3.8, 4) is 5.75 Å². The zero-order valence-electron chi connectivity index (χ0n) is 15.5. The van der Waals surface area contributed by atoms with Gasteiger partial charge < -0.3 is 15.0 Å². The van der Waals surface area contributed by atoms with Crippen LogP contribution in [-0.4, -0.2) is 25.0 Å². The number of hydrogen-bond donors (Lipinski definition) is 1. The van der Waals surface area contributed by atoms with E-state index in [9.17, 15) is 9.59 Å². The first kappa shape index (κ1) is 19.4. The van der Waals surface area contributed by atoms with Crippen LogP contribution in [0.15, 0.2) is 40.9 Å². The van der Waals surface area contributed by atoms with Gasteiger partial charge in [0.25, 0.3) is 0 Å². The van der Waals surface area contributed by atoms with E-state index < -0.39 is 0 Å². The first-order chi connectivity index (χ1) is 13.0. The Morgan fingerprint density at radius 1 is 1.22 bits per heavy atom. The summed E-state index contributed by atoms with van der Waals surface area (Å²) in [6, 6.07) is 11.7. The van der Waals surface area contributed by atoms with Gasteiger partial charge >= 0.3 is 0 Å². The molecule has 6 heteroatoms. The summed E-state index contributed by atoms with van der Waals surface area (Å²) in [6.45, 7) is 4.70.